The van der Waals surface area contributed by atoms with Gasteiger partial charge in [0.2, 0.25) is 5.88 Å². The molecule has 78 valence electrons. The van der Waals surface area contributed by atoms with Crippen LogP contribution in [0.3, 0.4) is 0 Å². The molecule has 0 atom stereocenters. The van der Waals surface area contributed by atoms with Gasteiger partial charge in [0.15, 0.2) is 0 Å². The van der Waals surface area contributed by atoms with E-state index in [1.165, 1.54) is 29.2 Å². The minimum Gasteiger partial charge on any atom is -0.493 e. The first kappa shape index (κ1) is 10.4. The fourth-order valence-corrected chi connectivity index (χ4v) is 2.68. The van der Waals surface area contributed by atoms with Gasteiger partial charge in [-0.05, 0) is 12.1 Å². The Bertz CT molecular complexity index is 458. The molecule has 0 aliphatic carbocycles. The first-order chi connectivity index (χ1) is 7.25. The second-order valence-electron chi connectivity index (χ2n) is 2.82. The maximum absolute atomic E-state index is 13.2. The zero-order chi connectivity index (χ0) is 10.7. The number of hydrogen-bond acceptors (Lipinski definition) is 4. The van der Waals surface area contributed by atoms with Crippen molar-refractivity contribution in [3.63, 3.8) is 0 Å². The fraction of sp³-hybridized carbons (Fsp3) is 0.100. The van der Waals surface area contributed by atoms with E-state index >= 15 is 0 Å². The molecule has 0 aliphatic heterocycles. The van der Waals surface area contributed by atoms with Crippen molar-refractivity contribution in [1.29, 1.82) is 0 Å². The Morgan fingerprint density at radius 3 is 2.87 bits per heavy atom. The lowest BCUT2D eigenvalue weighted by atomic mass is 10.3. The molecule has 1 aromatic carbocycles. The van der Waals surface area contributed by atoms with Crippen LogP contribution in [-0.4, -0.2) is 10.1 Å². The summed E-state index contributed by atoms with van der Waals surface area (Å²) in [5.41, 5.74) is 0. The topological polar surface area (TPSA) is 33.1 Å². The van der Waals surface area contributed by atoms with E-state index < -0.39 is 0 Å². The summed E-state index contributed by atoms with van der Waals surface area (Å²) in [7, 11) is 0. The summed E-state index contributed by atoms with van der Waals surface area (Å²) in [5, 5.41) is 11.4. The van der Waals surface area contributed by atoms with Gasteiger partial charge in [-0.25, -0.2) is 9.37 Å². The van der Waals surface area contributed by atoms with Crippen LogP contribution in [-0.2, 0) is 5.75 Å². The van der Waals surface area contributed by atoms with E-state index in [4.69, 9.17) is 5.11 Å². The molecule has 0 radical (unpaired) electrons. The summed E-state index contributed by atoms with van der Waals surface area (Å²) in [6.07, 6.45) is 0. The molecule has 0 fully saturated rings. The second kappa shape index (κ2) is 4.63. The molecule has 1 N–H and O–H groups in total. The van der Waals surface area contributed by atoms with E-state index in [0.717, 1.165) is 5.01 Å². The Morgan fingerprint density at radius 1 is 1.40 bits per heavy atom. The van der Waals surface area contributed by atoms with Crippen LogP contribution in [0.4, 0.5) is 4.39 Å². The van der Waals surface area contributed by atoms with E-state index in [0.29, 0.717) is 10.6 Å². The second-order valence-corrected chi connectivity index (χ2v) is 4.78. The Hall–Kier alpha value is -1.07. The van der Waals surface area contributed by atoms with Crippen LogP contribution in [0, 0.1) is 5.82 Å². The minimum absolute atomic E-state index is 0.0316. The molecule has 0 aliphatic rings. The van der Waals surface area contributed by atoms with Crippen molar-refractivity contribution in [1.82, 2.24) is 4.98 Å². The van der Waals surface area contributed by atoms with Gasteiger partial charge < -0.3 is 5.11 Å². The van der Waals surface area contributed by atoms with Crippen LogP contribution in [0.25, 0.3) is 0 Å². The molecule has 0 amide bonds. The van der Waals surface area contributed by atoms with E-state index in [1.807, 2.05) is 0 Å². The number of benzene rings is 1. The zero-order valence-corrected chi connectivity index (χ0v) is 9.32. The van der Waals surface area contributed by atoms with E-state index in [-0.39, 0.29) is 11.7 Å². The normalized spacial score (nSPS) is 10.5. The molecule has 0 saturated carbocycles. The van der Waals surface area contributed by atoms with E-state index in [1.54, 1.807) is 23.6 Å². The summed E-state index contributed by atoms with van der Waals surface area (Å²) in [6.45, 7) is 0. The molecule has 2 aromatic rings. The molecule has 5 heteroatoms. The number of aromatic nitrogens is 1. The summed E-state index contributed by atoms with van der Waals surface area (Å²) < 4.78 is 13.2. The van der Waals surface area contributed by atoms with Crippen LogP contribution in [0.15, 0.2) is 34.5 Å². The lowest BCUT2D eigenvalue weighted by molar-refractivity contribution is 0.456. The number of thiazole rings is 1. The number of aromatic hydroxyl groups is 1. The molecular formula is C10H8FNOS2. The van der Waals surface area contributed by atoms with Gasteiger partial charge in [0.1, 0.15) is 10.8 Å². The van der Waals surface area contributed by atoms with Crippen molar-refractivity contribution in [2.75, 3.05) is 0 Å². The van der Waals surface area contributed by atoms with Crippen LogP contribution in [0.1, 0.15) is 5.01 Å². The standard InChI is InChI=1S/C10H8FNOS2/c11-7-3-1-2-4-8(7)14-6-10-12-9(13)5-15-10/h1-5,13H,6H2. The lowest BCUT2D eigenvalue weighted by Gasteiger charge is -1.99. The highest BCUT2D eigenvalue weighted by molar-refractivity contribution is 7.98. The number of halogens is 1. The van der Waals surface area contributed by atoms with Gasteiger partial charge in [0, 0.05) is 4.90 Å². The number of hydrogen-bond donors (Lipinski definition) is 1. The third kappa shape index (κ3) is 2.70. The highest BCUT2D eigenvalue weighted by Gasteiger charge is 2.04. The average molecular weight is 241 g/mol. The van der Waals surface area contributed by atoms with Gasteiger partial charge in [-0.3, -0.25) is 0 Å². The molecule has 0 bridgehead atoms. The maximum Gasteiger partial charge on any atom is 0.222 e. The Morgan fingerprint density at radius 2 is 2.20 bits per heavy atom. The molecule has 1 heterocycles. The molecule has 1 aromatic heterocycles. The summed E-state index contributed by atoms with van der Waals surface area (Å²) in [4.78, 5) is 4.49. The highest BCUT2D eigenvalue weighted by atomic mass is 32.2. The monoisotopic (exact) mass is 241 g/mol. The van der Waals surface area contributed by atoms with Crippen molar-refractivity contribution in [2.45, 2.75) is 10.6 Å². The molecule has 2 rings (SSSR count). The van der Waals surface area contributed by atoms with Gasteiger partial charge >= 0.3 is 0 Å². The Labute approximate surface area is 94.8 Å². The van der Waals surface area contributed by atoms with Crippen LogP contribution >= 0.6 is 23.1 Å². The largest absolute Gasteiger partial charge is 0.493 e. The van der Waals surface area contributed by atoms with Gasteiger partial charge in [-0.2, -0.15) is 0 Å². The number of nitrogens with zero attached hydrogens (tertiary/aromatic N) is 1. The average Bonchev–Trinajstić information content (AvgIpc) is 2.63. The summed E-state index contributed by atoms with van der Waals surface area (Å²) in [5.74, 6) is 0.388. The van der Waals surface area contributed by atoms with Gasteiger partial charge in [-0.1, -0.05) is 12.1 Å². The lowest BCUT2D eigenvalue weighted by Crippen LogP contribution is -1.82. The van der Waals surface area contributed by atoms with Gasteiger partial charge in [0.25, 0.3) is 0 Å². The summed E-state index contributed by atoms with van der Waals surface area (Å²) >= 11 is 2.75. The first-order valence-electron chi connectivity index (χ1n) is 4.26. The van der Waals surface area contributed by atoms with Crippen molar-refractivity contribution in [3.05, 3.63) is 40.5 Å². The molecule has 0 spiro atoms. The van der Waals surface area contributed by atoms with E-state index in [2.05, 4.69) is 4.98 Å². The number of thioether (sulfide) groups is 1. The van der Waals surface area contributed by atoms with Crippen molar-refractivity contribution < 1.29 is 9.50 Å². The number of rotatable bonds is 3. The minimum atomic E-state index is -0.219. The van der Waals surface area contributed by atoms with E-state index in [9.17, 15) is 4.39 Å². The maximum atomic E-state index is 13.2. The van der Waals surface area contributed by atoms with Crippen molar-refractivity contribution >= 4 is 23.1 Å². The quantitative estimate of drug-likeness (QED) is 0.837. The molecular weight excluding hydrogens is 233 g/mol. The third-order valence-electron chi connectivity index (χ3n) is 1.73. The molecule has 2 nitrogen and oxygen atoms in total. The summed E-state index contributed by atoms with van der Waals surface area (Å²) in [6, 6.07) is 6.62. The van der Waals surface area contributed by atoms with Crippen LogP contribution in [0.2, 0.25) is 0 Å². The smallest absolute Gasteiger partial charge is 0.222 e. The van der Waals surface area contributed by atoms with Crippen molar-refractivity contribution in [2.24, 2.45) is 0 Å². The van der Waals surface area contributed by atoms with Gasteiger partial charge in [-0.15, -0.1) is 23.1 Å². The predicted octanol–water partition coefficient (Wildman–Crippen LogP) is 3.28. The molecule has 0 saturated heterocycles. The van der Waals surface area contributed by atoms with Crippen molar-refractivity contribution in [3.8, 4) is 5.88 Å². The highest BCUT2D eigenvalue weighted by Crippen LogP contribution is 2.27. The molecule has 0 unspecified atom stereocenters. The predicted molar refractivity (Wildman–Crippen MR) is 59.7 cm³/mol. The first-order valence-corrected chi connectivity index (χ1v) is 6.13. The SMILES string of the molecule is Oc1csc(CSc2ccccc2F)n1. The van der Waals surface area contributed by atoms with Crippen LogP contribution < -0.4 is 0 Å². The Kier molecular flexibility index (Phi) is 3.23. The third-order valence-corrected chi connectivity index (χ3v) is 3.81. The van der Waals surface area contributed by atoms with Gasteiger partial charge in [0.05, 0.1) is 11.1 Å². The fourth-order valence-electron chi connectivity index (χ4n) is 1.07. The van der Waals surface area contributed by atoms with Crippen LogP contribution in [0.5, 0.6) is 5.88 Å². The zero-order valence-electron chi connectivity index (χ0n) is 7.68. The molecule has 15 heavy (non-hydrogen) atoms. The Balaban J connectivity index is 2.02.